The molecule has 2 aromatic rings. The monoisotopic (exact) mass is 371 g/mol. The second-order valence-electron chi connectivity index (χ2n) is 6.72. The Morgan fingerprint density at radius 2 is 2.07 bits per heavy atom. The molecule has 0 aliphatic heterocycles. The molecule has 1 N–H and O–H groups in total. The van der Waals surface area contributed by atoms with Crippen molar-refractivity contribution in [2.45, 2.75) is 34.2 Å². The van der Waals surface area contributed by atoms with Crippen molar-refractivity contribution in [3.05, 3.63) is 47.3 Å². The van der Waals surface area contributed by atoms with E-state index in [1.165, 1.54) is 0 Å². The molecule has 0 spiro atoms. The summed E-state index contributed by atoms with van der Waals surface area (Å²) in [6.45, 7) is 9.34. The zero-order chi connectivity index (χ0) is 19.8. The fourth-order valence-corrected chi connectivity index (χ4v) is 2.80. The van der Waals surface area contributed by atoms with E-state index in [1.807, 2.05) is 61.9 Å². The van der Waals surface area contributed by atoms with Gasteiger partial charge in [-0.05, 0) is 50.5 Å². The van der Waals surface area contributed by atoms with Crippen LogP contribution in [-0.4, -0.2) is 35.9 Å². The molecule has 0 bridgehead atoms. The number of allylic oxidation sites excluding steroid dienone is 1. The average Bonchev–Trinajstić information content (AvgIpc) is 2.95. The van der Waals surface area contributed by atoms with Crippen LogP contribution in [0.25, 0.3) is 6.08 Å². The SMILES string of the molecule is C/C=C/c1ccc(OCC(=O)NCC(C)Cn2nc(C)cc2C)c(OC)c1. The van der Waals surface area contributed by atoms with Crippen molar-refractivity contribution >= 4 is 12.0 Å². The summed E-state index contributed by atoms with van der Waals surface area (Å²) in [7, 11) is 1.59. The van der Waals surface area contributed by atoms with Crippen molar-refractivity contribution in [1.29, 1.82) is 0 Å². The molecule has 6 heteroatoms. The molecule has 1 heterocycles. The quantitative estimate of drug-likeness (QED) is 0.734. The first-order valence-electron chi connectivity index (χ1n) is 9.14. The van der Waals surface area contributed by atoms with Gasteiger partial charge < -0.3 is 14.8 Å². The summed E-state index contributed by atoms with van der Waals surface area (Å²) in [6.07, 6.45) is 3.93. The van der Waals surface area contributed by atoms with E-state index in [4.69, 9.17) is 9.47 Å². The van der Waals surface area contributed by atoms with Crippen LogP contribution in [0.15, 0.2) is 30.3 Å². The van der Waals surface area contributed by atoms with Crippen LogP contribution in [0.3, 0.4) is 0 Å². The normalized spacial score (nSPS) is 12.2. The van der Waals surface area contributed by atoms with Gasteiger partial charge in [-0.25, -0.2) is 0 Å². The van der Waals surface area contributed by atoms with E-state index >= 15 is 0 Å². The number of aromatic nitrogens is 2. The fraction of sp³-hybridized carbons (Fsp3) is 0.429. The van der Waals surface area contributed by atoms with Gasteiger partial charge in [-0.2, -0.15) is 5.10 Å². The number of benzene rings is 1. The number of aryl methyl sites for hydroxylation is 2. The van der Waals surface area contributed by atoms with E-state index in [0.717, 1.165) is 23.5 Å². The molecular weight excluding hydrogens is 342 g/mol. The number of carbonyl (C=O) groups is 1. The largest absolute Gasteiger partial charge is 0.493 e. The van der Waals surface area contributed by atoms with Gasteiger partial charge >= 0.3 is 0 Å². The third kappa shape index (κ3) is 6.16. The Balaban J connectivity index is 1.81. The van der Waals surface area contributed by atoms with Gasteiger partial charge in [0.25, 0.3) is 5.91 Å². The molecule has 1 aromatic carbocycles. The zero-order valence-electron chi connectivity index (χ0n) is 16.8. The topological polar surface area (TPSA) is 65.4 Å². The molecule has 0 saturated carbocycles. The number of nitrogens with zero attached hydrogens (tertiary/aromatic N) is 2. The first-order chi connectivity index (χ1) is 12.9. The van der Waals surface area contributed by atoms with Crippen molar-refractivity contribution in [2.24, 2.45) is 5.92 Å². The maximum absolute atomic E-state index is 12.1. The smallest absolute Gasteiger partial charge is 0.257 e. The summed E-state index contributed by atoms with van der Waals surface area (Å²) < 4.78 is 12.9. The van der Waals surface area contributed by atoms with Crippen LogP contribution in [0.4, 0.5) is 0 Å². The summed E-state index contributed by atoms with van der Waals surface area (Å²) in [5, 5.41) is 7.36. The van der Waals surface area contributed by atoms with E-state index in [1.54, 1.807) is 7.11 Å². The Morgan fingerprint density at radius 1 is 1.30 bits per heavy atom. The molecule has 0 aliphatic rings. The molecule has 0 radical (unpaired) electrons. The molecule has 6 nitrogen and oxygen atoms in total. The highest BCUT2D eigenvalue weighted by Crippen LogP contribution is 2.28. The Bertz CT molecular complexity index is 796. The minimum absolute atomic E-state index is 0.0497. The van der Waals surface area contributed by atoms with E-state index in [0.29, 0.717) is 18.0 Å². The van der Waals surface area contributed by atoms with E-state index in [2.05, 4.69) is 17.3 Å². The maximum Gasteiger partial charge on any atom is 0.257 e. The second kappa shape index (κ2) is 9.80. The van der Waals surface area contributed by atoms with Gasteiger partial charge in [-0.15, -0.1) is 0 Å². The van der Waals surface area contributed by atoms with Crippen LogP contribution in [0.2, 0.25) is 0 Å². The molecule has 0 aliphatic carbocycles. The number of carbonyl (C=O) groups excluding carboxylic acids is 1. The Morgan fingerprint density at radius 3 is 2.70 bits per heavy atom. The molecule has 1 aromatic heterocycles. The van der Waals surface area contributed by atoms with E-state index < -0.39 is 0 Å². The van der Waals surface area contributed by atoms with Crippen LogP contribution in [0, 0.1) is 19.8 Å². The standard InChI is InChI=1S/C21H29N3O3/c1-6-7-18-8-9-19(20(11-18)26-5)27-14-21(25)22-12-15(2)13-24-17(4)10-16(3)23-24/h6-11,15H,12-14H2,1-5H3,(H,22,25)/b7-6+. The number of nitrogens with one attached hydrogen (secondary N) is 1. The molecule has 0 fully saturated rings. The minimum Gasteiger partial charge on any atom is -0.493 e. The van der Waals surface area contributed by atoms with Crippen LogP contribution in [-0.2, 0) is 11.3 Å². The summed E-state index contributed by atoms with van der Waals surface area (Å²) in [5.41, 5.74) is 3.15. The lowest BCUT2D eigenvalue weighted by Gasteiger charge is -2.15. The van der Waals surface area contributed by atoms with Crippen molar-refractivity contribution < 1.29 is 14.3 Å². The maximum atomic E-state index is 12.1. The molecule has 2 rings (SSSR count). The van der Waals surface area contributed by atoms with Crippen molar-refractivity contribution in [3.8, 4) is 11.5 Å². The molecule has 27 heavy (non-hydrogen) atoms. The molecular formula is C21H29N3O3. The lowest BCUT2D eigenvalue weighted by Crippen LogP contribution is -2.33. The highest BCUT2D eigenvalue weighted by molar-refractivity contribution is 5.77. The first kappa shape index (κ1) is 20.6. The van der Waals surface area contributed by atoms with Crippen LogP contribution in [0.5, 0.6) is 11.5 Å². The lowest BCUT2D eigenvalue weighted by molar-refractivity contribution is -0.123. The van der Waals surface area contributed by atoms with E-state index in [9.17, 15) is 4.79 Å². The van der Waals surface area contributed by atoms with Crippen LogP contribution in [0.1, 0.15) is 30.8 Å². The Hall–Kier alpha value is -2.76. The van der Waals surface area contributed by atoms with Gasteiger partial charge in [-0.3, -0.25) is 9.48 Å². The molecule has 1 unspecified atom stereocenters. The number of rotatable bonds is 9. The molecule has 1 amide bonds. The number of ether oxygens (including phenoxy) is 2. The number of amides is 1. The summed E-state index contributed by atoms with van der Waals surface area (Å²) >= 11 is 0. The van der Waals surface area contributed by atoms with Gasteiger partial charge in [0.05, 0.1) is 12.8 Å². The summed E-state index contributed by atoms with van der Waals surface area (Å²) in [6, 6.07) is 7.66. The van der Waals surface area contributed by atoms with Crippen molar-refractivity contribution in [3.63, 3.8) is 0 Å². The molecule has 146 valence electrons. The summed E-state index contributed by atoms with van der Waals surface area (Å²) in [5.74, 6) is 1.27. The fourth-order valence-electron chi connectivity index (χ4n) is 2.80. The highest BCUT2D eigenvalue weighted by Gasteiger charge is 2.11. The molecule has 0 saturated heterocycles. The highest BCUT2D eigenvalue weighted by atomic mass is 16.5. The van der Waals surface area contributed by atoms with Crippen LogP contribution >= 0.6 is 0 Å². The predicted octanol–water partition coefficient (Wildman–Crippen LogP) is 3.37. The van der Waals surface area contributed by atoms with Crippen LogP contribution < -0.4 is 14.8 Å². The Labute approximate surface area is 161 Å². The van der Waals surface area contributed by atoms with Gasteiger partial charge in [0.1, 0.15) is 0 Å². The van der Waals surface area contributed by atoms with E-state index in [-0.39, 0.29) is 18.4 Å². The van der Waals surface area contributed by atoms with Gasteiger partial charge in [0.2, 0.25) is 0 Å². The van der Waals surface area contributed by atoms with Gasteiger partial charge in [0.15, 0.2) is 18.1 Å². The number of hydrogen-bond acceptors (Lipinski definition) is 4. The number of hydrogen-bond donors (Lipinski definition) is 1. The van der Waals surface area contributed by atoms with Gasteiger partial charge in [0, 0.05) is 18.8 Å². The van der Waals surface area contributed by atoms with Crippen molar-refractivity contribution in [1.82, 2.24) is 15.1 Å². The van der Waals surface area contributed by atoms with Crippen molar-refractivity contribution in [2.75, 3.05) is 20.3 Å². The lowest BCUT2D eigenvalue weighted by atomic mass is 10.2. The zero-order valence-corrected chi connectivity index (χ0v) is 16.8. The minimum atomic E-state index is -0.158. The third-order valence-electron chi connectivity index (χ3n) is 4.14. The van der Waals surface area contributed by atoms with Gasteiger partial charge in [-0.1, -0.05) is 25.1 Å². The Kier molecular flexibility index (Phi) is 7.46. The second-order valence-corrected chi connectivity index (χ2v) is 6.72. The molecule has 1 atom stereocenters. The third-order valence-corrected chi connectivity index (χ3v) is 4.14. The number of methoxy groups -OCH3 is 1. The first-order valence-corrected chi connectivity index (χ1v) is 9.14. The predicted molar refractivity (Wildman–Crippen MR) is 107 cm³/mol. The average molecular weight is 371 g/mol. The summed E-state index contributed by atoms with van der Waals surface area (Å²) in [4.78, 5) is 12.1.